The molecule has 36 heavy (non-hydrogen) atoms. The first-order valence-corrected chi connectivity index (χ1v) is 12.3. The predicted molar refractivity (Wildman–Crippen MR) is 139 cm³/mol. The zero-order valence-electron chi connectivity index (χ0n) is 22.2. The van der Waals surface area contributed by atoms with Crippen LogP contribution in [0.2, 0.25) is 0 Å². The van der Waals surface area contributed by atoms with E-state index in [0.717, 1.165) is 11.1 Å². The normalized spacial score (nSPS) is 12.3. The Labute approximate surface area is 214 Å². The number of aldehydes is 1. The fourth-order valence-electron chi connectivity index (χ4n) is 3.50. The van der Waals surface area contributed by atoms with E-state index in [9.17, 15) is 19.2 Å². The lowest BCUT2D eigenvalue weighted by Crippen LogP contribution is -2.43. The van der Waals surface area contributed by atoms with E-state index < -0.39 is 29.5 Å². The van der Waals surface area contributed by atoms with E-state index in [-0.39, 0.29) is 31.9 Å². The number of amides is 1. The van der Waals surface area contributed by atoms with Crippen molar-refractivity contribution in [3.05, 3.63) is 71.8 Å². The number of rotatable bonds is 11. The number of ketones is 1. The van der Waals surface area contributed by atoms with Crippen LogP contribution < -0.4 is 0 Å². The summed E-state index contributed by atoms with van der Waals surface area (Å²) in [4.78, 5) is 51.3. The number of nitrogens with zero attached hydrogens (tertiary/aromatic N) is 1. The maximum Gasteiger partial charge on any atom is 0.410 e. The van der Waals surface area contributed by atoms with E-state index in [1.165, 1.54) is 11.8 Å². The largest absolute Gasteiger partial charge is 0.460 e. The molecule has 0 fully saturated rings. The van der Waals surface area contributed by atoms with Crippen molar-refractivity contribution in [1.29, 1.82) is 0 Å². The minimum Gasteiger partial charge on any atom is -0.460 e. The Hall–Kier alpha value is -3.48. The highest BCUT2D eigenvalue weighted by molar-refractivity contribution is 5.87. The van der Waals surface area contributed by atoms with Gasteiger partial charge >= 0.3 is 12.1 Å². The van der Waals surface area contributed by atoms with Gasteiger partial charge < -0.3 is 19.2 Å². The summed E-state index contributed by atoms with van der Waals surface area (Å²) in [6, 6.07) is 18.5. The average Bonchev–Trinajstić information content (AvgIpc) is 2.85. The summed E-state index contributed by atoms with van der Waals surface area (Å²) in [7, 11) is 0. The van der Waals surface area contributed by atoms with Crippen molar-refractivity contribution in [3.63, 3.8) is 0 Å². The molecule has 0 radical (unpaired) electrons. The fraction of sp³-hybridized carbons (Fsp3) is 0.448. The Bertz CT molecular complexity index is 953. The molecule has 0 heterocycles. The molecule has 7 nitrogen and oxygen atoms in total. The second kappa shape index (κ2) is 15.5. The number of carbonyl (C=O) groups is 4. The number of hydrogen-bond donors (Lipinski definition) is 0. The molecule has 2 aromatic carbocycles. The van der Waals surface area contributed by atoms with Crippen molar-refractivity contribution in [1.82, 2.24) is 4.90 Å². The van der Waals surface area contributed by atoms with E-state index >= 15 is 0 Å². The van der Waals surface area contributed by atoms with Gasteiger partial charge in [-0.2, -0.15) is 0 Å². The molecular formula is C29H39NO6. The average molecular weight is 498 g/mol. The molecule has 0 saturated carbocycles. The highest BCUT2D eigenvalue weighted by atomic mass is 16.6. The minimum absolute atomic E-state index is 0.0690. The summed E-state index contributed by atoms with van der Waals surface area (Å²) in [5.74, 6) is -2.88. The number of Topliss-reactive ketones (excluding diaryl/α,β-unsaturated/α-hetero) is 1. The number of hydrogen-bond acceptors (Lipinski definition) is 6. The van der Waals surface area contributed by atoms with Crippen LogP contribution in [0, 0.1) is 11.8 Å². The van der Waals surface area contributed by atoms with Crippen molar-refractivity contribution < 1.29 is 28.7 Å². The third kappa shape index (κ3) is 10.8. The smallest absolute Gasteiger partial charge is 0.410 e. The third-order valence-electron chi connectivity index (χ3n) is 5.16. The molecule has 196 valence electrons. The van der Waals surface area contributed by atoms with Gasteiger partial charge in [-0.3, -0.25) is 9.59 Å². The van der Waals surface area contributed by atoms with Crippen LogP contribution in [0.3, 0.4) is 0 Å². The van der Waals surface area contributed by atoms with Gasteiger partial charge in [-0.15, -0.1) is 0 Å². The van der Waals surface area contributed by atoms with Gasteiger partial charge in [0.1, 0.15) is 24.3 Å². The molecule has 0 aliphatic rings. The lowest BCUT2D eigenvalue weighted by Gasteiger charge is -2.31. The third-order valence-corrected chi connectivity index (χ3v) is 5.16. The molecule has 0 spiro atoms. The van der Waals surface area contributed by atoms with Crippen LogP contribution >= 0.6 is 0 Å². The zero-order chi connectivity index (χ0) is 27.1. The van der Waals surface area contributed by atoms with Gasteiger partial charge in [0.2, 0.25) is 0 Å². The molecule has 1 amide bonds. The van der Waals surface area contributed by atoms with Crippen LogP contribution in [-0.2, 0) is 37.0 Å². The monoisotopic (exact) mass is 497 g/mol. The molecule has 2 atom stereocenters. The SMILES string of the molecule is CC.CC(=O)C(CN(Cc1ccccc1)C(=O)OCc1ccccc1)[C@H](CC=O)C(=O)OC(C)(C)C. The lowest BCUT2D eigenvalue weighted by atomic mass is 9.86. The molecule has 1 unspecified atom stereocenters. The highest BCUT2D eigenvalue weighted by Gasteiger charge is 2.37. The quantitative estimate of drug-likeness (QED) is 0.296. The van der Waals surface area contributed by atoms with Crippen LogP contribution in [0.15, 0.2) is 60.7 Å². The Kier molecular flexibility index (Phi) is 13.2. The maximum absolute atomic E-state index is 13.1. The van der Waals surface area contributed by atoms with Crippen molar-refractivity contribution in [2.45, 2.75) is 66.7 Å². The Morgan fingerprint density at radius 2 is 1.42 bits per heavy atom. The van der Waals surface area contributed by atoms with Gasteiger partial charge in [0, 0.05) is 25.4 Å². The Morgan fingerprint density at radius 3 is 1.89 bits per heavy atom. The topological polar surface area (TPSA) is 90.0 Å². The van der Waals surface area contributed by atoms with Gasteiger partial charge in [0.25, 0.3) is 0 Å². The highest BCUT2D eigenvalue weighted by Crippen LogP contribution is 2.24. The van der Waals surface area contributed by atoms with Crippen LogP contribution in [0.4, 0.5) is 4.79 Å². The van der Waals surface area contributed by atoms with Gasteiger partial charge in [-0.1, -0.05) is 74.5 Å². The zero-order valence-corrected chi connectivity index (χ0v) is 22.2. The molecule has 2 rings (SSSR count). The number of benzene rings is 2. The maximum atomic E-state index is 13.1. The van der Waals surface area contributed by atoms with Crippen molar-refractivity contribution >= 4 is 24.1 Å². The molecule has 0 bridgehead atoms. The summed E-state index contributed by atoms with van der Waals surface area (Å²) in [6.45, 7) is 10.7. The summed E-state index contributed by atoms with van der Waals surface area (Å²) >= 11 is 0. The molecule has 2 aromatic rings. The Morgan fingerprint density at radius 1 is 0.889 bits per heavy atom. The van der Waals surface area contributed by atoms with Gasteiger partial charge in [0.05, 0.1) is 5.92 Å². The summed E-state index contributed by atoms with van der Waals surface area (Å²) in [5, 5.41) is 0. The Balaban J connectivity index is 0.00000316. The van der Waals surface area contributed by atoms with Crippen molar-refractivity contribution in [3.8, 4) is 0 Å². The predicted octanol–water partition coefficient (Wildman–Crippen LogP) is 5.60. The van der Waals surface area contributed by atoms with Crippen LogP contribution in [-0.4, -0.2) is 41.2 Å². The van der Waals surface area contributed by atoms with Crippen molar-refractivity contribution in [2.75, 3.05) is 6.54 Å². The lowest BCUT2D eigenvalue weighted by molar-refractivity contribution is -0.164. The standard InChI is InChI=1S/C27H33NO6.C2H6/c1-20(30)24(23(15-16-29)25(31)34-27(2,3)4)18-28(17-21-11-7-5-8-12-21)26(32)33-19-22-13-9-6-10-14-22;1-2/h5-14,16,23-24H,15,17-19H2,1-4H3;1-2H3/t23-,24?;/m0./s1. The van der Waals surface area contributed by atoms with Crippen molar-refractivity contribution in [2.24, 2.45) is 11.8 Å². The molecule has 0 N–H and O–H groups in total. The molecule has 7 heteroatoms. The van der Waals surface area contributed by atoms with E-state index in [4.69, 9.17) is 9.47 Å². The molecule has 0 aromatic heterocycles. The van der Waals surface area contributed by atoms with E-state index in [1.807, 2.05) is 74.5 Å². The van der Waals surface area contributed by atoms with Crippen LogP contribution in [0.5, 0.6) is 0 Å². The van der Waals surface area contributed by atoms with E-state index in [2.05, 4.69) is 0 Å². The van der Waals surface area contributed by atoms with Gasteiger partial charge in [-0.25, -0.2) is 4.79 Å². The van der Waals surface area contributed by atoms with Crippen LogP contribution in [0.25, 0.3) is 0 Å². The number of esters is 1. The molecule has 0 aliphatic carbocycles. The number of carbonyl (C=O) groups excluding carboxylic acids is 4. The second-order valence-corrected chi connectivity index (χ2v) is 9.17. The second-order valence-electron chi connectivity index (χ2n) is 9.17. The molecule has 0 aliphatic heterocycles. The van der Waals surface area contributed by atoms with Crippen LogP contribution in [0.1, 0.15) is 59.1 Å². The summed E-state index contributed by atoms with van der Waals surface area (Å²) in [5.41, 5.74) is 0.884. The first kappa shape index (κ1) is 30.6. The van der Waals surface area contributed by atoms with Gasteiger partial charge in [-0.05, 0) is 38.8 Å². The molecular weight excluding hydrogens is 458 g/mol. The van der Waals surface area contributed by atoms with E-state index in [0.29, 0.717) is 6.29 Å². The van der Waals surface area contributed by atoms with Gasteiger partial charge in [0.15, 0.2) is 0 Å². The first-order valence-electron chi connectivity index (χ1n) is 12.3. The number of ether oxygens (including phenoxy) is 2. The summed E-state index contributed by atoms with van der Waals surface area (Å²) in [6.07, 6.45) is -0.204. The first-order chi connectivity index (χ1) is 17.1. The fourth-order valence-corrected chi connectivity index (χ4v) is 3.50. The summed E-state index contributed by atoms with van der Waals surface area (Å²) < 4.78 is 11.0. The van der Waals surface area contributed by atoms with E-state index in [1.54, 1.807) is 20.8 Å². The molecule has 0 saturated heterocycles. The minimum atomic E-state index is -1.01.